The molecular weight excluding hydrogens is 156 g/mol. The Kier molecular flexibility index (Phi) is 6.11. The van der Waals surface area contributed by atoms with Crippen LogP contribution in [0.4, 0.5) is 0 Å². The first-order valence-electron chi connectivity index (χ1n) is 5.85. The summed E-state index contributed by atoms with van der Waals surface area (Å²) in [6, 6.07) is 0. The lowest BCUT2D eigenvalue weighted by atomic mass is 9.72. The fourth-order valence-corrected chi connectivity index (χ4v) is 2.16. The maximum Gasteiger partial charge on any atom is -0.00986 e. The van der Waals surface area contributed by atoms with Crippen molar-refractivity contribution in [2.24, 2.45) is 5.41 Å². The second-order valence-corrected chi connectivity index (χ2v) is 4.05. The molecule has 13 heavy (non-hydrogen) atoms. The van der Waals surface area contributed by atoms with Gasteiger partial charge in [-0.25, -0.2) is 0 Å². The van der Waals surface area contributed by atoms with E-state index in [0.29, 0.717) is 5.41 Å². The van der Waals surface area contributed by atoms with Crippen LogP contribution in [0, 0.1) is 5.41 Å². The Morgan fingerprint density at radius 2 is 1.46 bits per heavy atom. The van der Waals surface area contributed by atoms with Crippen molar-refractivity contribution in [2.75, 3.05) is 0 Å². The predicted molar refractivity (Wildman–Crippen MR) is 62.0 cm³/mol. The molecule has 0 radical (unpaired) electrons. The minimum Gasteiger partial charge on any atom is -0.0993 e. The van der Waals surface area contributed by atoms with E-state index in [4.69, 9.17) is 0 Å². The molecule has 0 saturated heterocycles. The zero-order valence-corrected chi connectivity index (χ0v) is 9.95. The SMILES string of the molecule is C=C(CCCC)C(CC)(CC)CC. The third-order valence-corrected chi connectivity index (χ3v) is 3.61. The van der Waals surface area contributed by atoms with Crippen LogP contribution in [-0.2, 0) is 0 Å². The van der Waals surface area contributed by atoms with Gasteiger partial charge in [0.1, 0.15) is 0 Å². The van der Waals surface area contributed by atoms with Gasteiger partial charge in [0.25, 0.3) is 0 Å². The number of hydrogen-bond donors (Lipinski definition) is 0. The first-order valence-corrected chi connectivity index (χ1v) is 5.85. The molecule has 0 bridgehead atoms. The molecule has 0 unspecified atom stereocenters. The molecule has 0 spiro atoms. The Hall–Kier alpha value is -0.260. The van der Waals surface area contributed by atoms with Crippen LogP contribution in [-0.4, -0.2) is 0 Å². The largest absolute Gasteiger partial charge is 0.0993 e. The maximum atomic E-state index is 4.28. The van der Waals surface area contributed by atoms with Crippen molar-refractivity contribution in [1.29, 1.82) is 0 Å². The smallest absolute Gasteiger partial charge is 0.00986 e. The summed E-state index contributed by atoms with van der Waals surface area (Å²) >= 11 is 0. The van der Waals surface area contributed by atoms with Gasteiger partial charge in [-0.15, -0.1) is 0 Å². The van der Waals surface area contributed by atoms with Gasteiger partial charge in [0.15, 0.2) is 0 Å². The van der Waals surface area contributed by atoms with Crippen LogP contribution in [0.15, 0.2) is 12.2 Å². The van der Waals surface area contributed by atoms with E-state index in [1.54, 1.807) is 0 Å². The second kappa shape index (κ2) is 6.23. The molecular formula is C13H26. The van der Waals surface area contributed by atoms with E-state index in [-0.39, 0.29) is 0 Å². The molecule has 0 atom stereocenters. The van der Waals surface area contributed by atoms with Crippen molar-refractivity contribution < 1.29 is 0 Å². The quantitative estimate of drug-likeness (QED) is 0.489. The topological polar surface area (TPSA) is 0 Å². The van der Waals surface area contributed by atoms with Crippen LogP contribution >= 0.6 is 0 Å². The summed E-state index contributed by atoms with van der Waals surface area (Å²) in [5.41, 5.74) is 1.93. The van der Waals surface area contributed by atoms with Gasteiger partial charge in [-0.05, 0) is 37.5 Å². The first-order chi connectivity index (χ1) is 6.16. The highest BCUT2D eigenvalue weighted by molar-refractivity contribution is 5.09. The standard InChI is InChI=1S/C13H26/c1-6-10-11-12(5)13(7-2,8-3)9-4/h5-11H2,1-4H3. The molecule has 0 aromatic heterocycles. The van der Waals surface area contributed by atoms with Gasteiger partial charge < -0.3 is 0 Å². The molecule has 0 heteroatoms. The summed E-state index contributed by atoms with van der Waals surface area (Å²) in [4.78, 5) is 0. The summed E-state index contributed by atoms with van der Waals surface area (Å²) in [7, 11) is 0. The van der Waals surface area contributed by atoms with Gasteiger partial charge in [-0.1, -0.05) is 46.3 Å². The van der Waals surface area contributed by atoms with E-state index in [1.807, 2.05) is 0 Å². The second-order valence-electron chi connectivity index (χ2n) is 4.05. The van der Waals surface area contributed by atoms with Crippen LogP contribution in [0.1, 0.15) is 66.2 Å². The molecule has 0 N–H and O–H groups in total. The third kappa shape index (κ3) is 3.17. The summed E-state index contributed by atoms with van der Waals surface area (Å²) in [6.07, 6.45) is 7.58. The monoisotopic (exact) mass is 182 g/mol. The van der Waals surface area contributed by atoms with Gasteiger partial charge in [-0.2, -0.15) is 0 Å². The van der Waals surface area contributed by atoms with Crippen LogP contribution in [0.5, 0.6) is 0 Å². The molecule has 0 aliphatic heterocycles. The highest BCUT2D eigenvalue weighted by Crippen LogP contribution is 2.39. The van der Waals surface area contributed by atoms with E-state index < -0.39 is 0 Å². The minimum absolute atomic E-state index is 0.440. The minimum atomic E-state index is 0.440. The van der Waals surface area contributed by atoms with Crippen molar-refractivity contribution in [2.45, 2.75) is 66.2 Å². The predicted octanol–water partition coefficient (Wildman–Crippen LogP) is 4.95. The van der Waals surface area contributed by atoms with E-state index in [2.05, 4.69) is 34.3 Å². The molecule has 0 saturated carbocycles. The Morgan fingerprint density at radius 3 is 1.77 bits per heavy atom. The maximum absolute atomic E-state index is 4.28. The average Bonchev–Trinajstić information content (AvgIpc) is 2.18. The number of unbranched alkanes of at least 4 members (excludes halogenated alkanes) is 1. The molecule has 0 rings (SSSR count). The lowest BCUT2D eigenvalue weighted by Crippen LogP contribution is -2.20. The Morgan fingerprint density at radius 1 is 1.00 bits per heavy atom. The van der Waals surface area contributed by atoms with E-state index in [0.717, 1.165) is 0 Å². The van der Waals surface area contributed by atoms with Crippen LogP contribution in [0.2, 0.25) is 0 Å². The average molecular weight is 182 g/mol. The van der Waals surface area contributed by atoms with E-state index >= 15 is 0 Å². The number of hydrogen-bond acceptors (Lipinski definition) is 0. The molecule has 0 heterocycles. The molecule has 0 aromatic carbocycles. The molecule has 0 nitrogen and oxygen atoms in total. The summed E-state index contributed by atoms with van der Waals surface area (Å²) in [6.45, 7) is 13.4. The fraction of sp³-hybridized carbons (Fsp3) is 0.846. The Balaban J connectivity index is 4.26. The van der Waals surface area contributed by atoms with E-state index in [1.165, 1.54) is 44.1 Å². The third-order valence-electron chi connectivity index (χ3n) is 3.61. The molecule has 0 aromatic rings. The van der Waals surface area contributed by atoms with Crippen molar-refractivity contribution in [3.8, 4) is 0 Å². The highest BCUT2D eigenvalue weighted by atomic mass is 14.3. The molecule has 0 fully saturated rings. The van der Waals surface area contributed by atoms with Crippen molar-refractivity contribution in [1.82, 2.24) is 0 Å². The summed E-state index contributed by atoms with van der Waals surface area (Å²) < 4.78 is 0. The fourth-order valence-electron chi connectivity index (χ4n) is 2.16. The van der Waals surface area contributed by atoms with Gasteiger partial charge >= 0.3 is 0 Å². The normalized spacial score (nSPS) is 11.7. The molecule has 78 valence electrons. The van der Waals surface area contributed by atoms with Gasteiger partial charge in [0, 0.05) is 0 Å². The van der Waals surface area contributed by atoms with Gasteiger partial charge in [-0.3, -0.25) is 0 Å². The number of allylic oxidation sites excluding steroid dienone is 1. The highest BCUT2D eigenvalue weighted by Gasteiger charge is 2.26. The Labute approximate surface area is 84.4 Å². The van der Waals surface area contributed by atoms with Crippen LogP contribution in [0.3, 0.4) is 0 Å². The molecule has 0 aliphatic rings. The van der Waals surface area contributed by atoms with Crippen LogP contribution < -0.4 is 0 Å². The molecule has 0 aliphatic carbocycles. The summed E-state index contributed by atoms with van der Waals surface area (Å²) in [5, 5.41) is 0. The lowest BCUT2D eigenvalue weighted by Gasteiger charge is -2.33. The van der Waals surface area contributed by atoms with Gasteiger partial charge in [0.05, 0.1) is 0 Å². The first kappa shape index (κ1) is 12.7. The summed E-state index contributed by atoms with van der Waals surface area (Å²) in [5.74, 6) is 0. The van der Waals surface area contributed by atoms with E-state index in [9.17, 15) is 0 Å². The lowest BCUT2D eigenvalue weighted by molar-refractivity contribution is 0.304. The number of rotatable bonds is 7. The van der Waals surface area contributed by atoms with Gasteiger partial charge in [0.2, 0.25) is 0 Å². The zero-order chi connectivity index (χ0) is 10.3. The van der Waals surface area contributed by atoms with Crippen LogP contribution in [0.25, 0.3) is 0 Å². The zero-order valence-electron chi connectivity index (χ0n) is 9.95. The molecule has 0 amide bonds. The van der Waals surface area contributed by atoms with Crippen molar-refractivity contribution in [3.05, 3.63) is 12.2 Å². The van der Waals surface area contributed by atoms with Crippen molar-refractivity contribution >= 4 is 0 Å². The Bertz CT molecular complexity index is 132. The van der Waals surface area contributed by atoms with Crippen molar-refractivity contribution in [3.63, 3.8) is 0 Å².